The van der Waals surface area contributed by atoms with Gasteiger partial charge in [0.2, 0.25) is 0 Å². The molecular weight excluding hydrogens is 465 g/mol. The van der Waals surface area contributed by atoms with Crippen LogP contribution in [0, 0.1) is 11.8 Å². The molecule has 28 heavy (non-hydrogen) atoms. The lowest BCUT2D eigenvalue weighted by Gasteiger charge is -2.34. The van der Waals surface area contributed by atoms with Gasteiger partial charge in [0, 0.05) is 59.5 Å². The number of rotatable bonds is 13. The number of nitrogens with one attached hydrogen (secondary N) is 2. The lowest BCUT2D eigenvalue weighted by Crippen LogP contribution is -2.41. The summed E-state index contributed by atoms with van der Waals surface area (Å²) in [5, 5.41) is 6.80. The number of methoxy groups -OCH3 is 1. The van der Waals surface area contributed by atoms with E-state index in [4.69, 9.17) is 9.73 Å². The van der Waals surface area contributed by atoms with Crippen molar-refractivity contribution in [3.63, 3.8) is 0 Å². The predicted octanol–water partition coefficient (Wildman–Crippen LogP) is 2.89. The fraction of sp³-hybridized carbons (Fsp3) is 0.952. The van der Waals surface area contributed by atoms with Gasteiger partial charge < -0.3 is 25.2 Å². The van der Waals surface area contributed by atoms with E-state index in [0.29, 0.717) is 0 Å². The molecule has 168 valence electrons. The molecule has 1 aliphatic rings. The summed E-state index contributed by atoms with van der Waals surface area (Å²) < 4.78 is 5.11. The fourth-order valence-electron chi connectivity index (χ4n) is 3.91. The molecule has 1 rings (SSSR count). The second-order valence-electron chi connectivity index (χ2n) is 8.25. The number of piperidine rings is 1. The fourth-order valence-corrected chi connectivity index (χ4v) is 3.91. The van der Waals surface area contributed by atoms with Crippen LogP contribution >= 0.6 is 24.0 Å². The largest absolute Gasteiger partial charge is 0.385 e. The van der Waals surface area contributed by atoms with Crippen molar-refractivity contribution in [1.29, 1.82) is 0 Å². The average molecular weight is 512 g/mol. The lowest BCUT2D eigenvalue weighted by molar-refractivity contribution is 0.139. The van der Waals surface area contributed by atoms with Gasteiger partial charge in [-0.3, -0.25) is 4.99 Å². The zero-order valence-electron chi connectivity index (χ0n) is 19.0. The van der Waals surface area contributed by atoms with E-state index in [1.165, 1.54) is 32.5 Å². The molecule has 1 heterocycles. The van der Waals surface area contributed by atoms with E-state index in [1.807, 2.05) is 0 Å². The van der Waals surface area contributed by atoms with Gasteiger partial charge >= 0.3 is 0 Å². The molecule has 1 saturated heterocycles. The number of hydrogen-bond acceptors (Lipinski definition) is 4. The van der Waals surface area contributed by atoms with Crippen molar-refractivity contribution in [3.05, 3.63) is 0 Å². The van der Waals surface area contributed by atoms with E-state index in [-0.39, 0.29) is 24.0 Å². The molecule has 1 fully saturated rings. The Bertz CT molecular complexity index is 387. The summed E-state index contributed by atoms with van der Waals surface area (Å²) in [6.07, 6.45) is 4.87. The van der Waals surface area contributed by atoms with E-state index in [0.717, 1.165) is 70.0 Å². The molecule has 0 spiro atoms. The van der Waals surface area contributed by atoms with Crippen molar-refractivity contribution in [2.45, 2.75) is 46.5 Å². The molecular formula is C21H46IN5O. The number of likely N-dealkylation sites (N-methyl/N-ethyl adjacent to an activating group) is 1. The van der Waals surface area contributed by atoms with E-state index < -0.39 is 0 Å². The van der Waals surface area contributed by atoms with Crippen molar-refractivity contribution in [2.24, 2.45) is 16.8 Å². The van der Waals surface area contributed by atoms with Crippen LogP contribution in [0.5, 0.6) is 0 Å². The number of ether oxygens (including phenoxy) is 1. The van der Waals surface area contributed by atoms with E-state index >= 15 is 0 Å². The molecule has 2 atom stereocenters. The Morgan fingerprint density at radius 2 is 1.82 bits per heavy atom. The van der Waals surface area contributed by atoms with Gasteiger partial charge in [0.15, 0.2) is 5.96 Å². The molecule has 1 aliphatic heterocycles. The van der Waals surface area contributed by atoms with Crippen LogP contribution in [0.15, 0.2) is 4.99 Å². The molecule has 0 aromatic carbocycles. The Labute approximate surface area is 191 Å². The number of unbranched alkanes of at least 4 members (excludes halogenated alkanes) is 1. The Balaban J connectivity index is 0.00000729. The molecule has 0 aliphatic carbocycles. The first kappa shape index (κ1) is 27.9. The van der Waals surface area contributed by atoms with Gasteiger partial charge in [0.05, 0.1) is 0 Å². The number of guanidine groups is 1. The van der Waals surface area contributed by atoms with Gasteiger partial charge in [-0.1, -0.05) is 13.8 Å². The second kappa shape index (κ2) is 17.7. The Morgan fingerprint density at radius 3 is 2.46 bits per heavy atom. The maximum Gasteiger partial charge on any atom is 0.191 e. The molecule has 6 nitrogen and oxygen atoms in total. The summed E-state index contributed by atoms with van der Waals surface area (Å²) >= 11 is 0. The highest BCUT2D eigenvalue weighted by atomic mass is 127. The topological polar surface area (TPSA) is 52.1 Å². The van der Waals surface area contributed by atoms with Gasteiger partial charge in [0.25, 0.3) is 0 Å². The minimum Gasteiger partial charge on any atom is -0.385 e. The summed E-state index contributed by atoms with van der Waals surface area (Å²) in [7, 11) is 3.91. The first-order valence-electron chi connectivity index (χ1n) is 11.0. The standard InChI is InChI=1S/C21H45N5O.HI/c1-6-22-21(24-11-14-25(4)12-9-15-27-5)23-10-7-8-13-26-17-19(2)16-20(3)18-26;/h19-20H,6-18H2,1-5H3,(H2,22,23,24);1H. The number of likely N-dealkylation sites (tertiary alicyclic amines) is 1. The maximum absolute atomic E-state index is 5.11. The Kier molecular flexibility index (Phi) is 17.6. The normalized spacial score (nSPS) is 20.9. The summed E-state index contributed by atoms with van der Waals surface area (Å²) in [5.74, 6) is 2.65. The maximum atomic E-state index is 5.11. The molecule has 0 amide bonds. The SMILES string of the molecule is CCNC(=NCCCCN1CC(C)CC(C)C1)NCCN(C)CCCOC.I. The molecule has 0 radical (unpaired) electrons. The average Bonchev–Trinajstić information content (AvgIpc) is 2.61. The van der Waals surface area contributed by atoms with Gasteiger partial charge in [-0.05, 0) is 58.0 Å². The molecule has 0 aromatic heterocycles. The Hall–Kier alpha value is -0.120. The third-order valence-electron chi connectivity index (χ3n) is 5.12. The lowest BCUT2D eigenvalue weighted by atomic mass is 9.92. The molecule has 0 aromatic rings. The van der Waals surface area contributed by atoms with Crippen LogP contribution in [0.25, 0.3) is 0 Å². The van der Waals surface area contributed by atoms with Gasteiger partial charge in [-0.2, -0.15) is 0 Å². The summed E-state index contributed by atoms with van der Waals surface area (Å²) in [6.45, 7) is 16.3. The first-order valence-corrected chi connectivity index (χ1v) is 11.0. The van der Waals surface area contributed by atoms with Crippen molar-refractivity contribution < 1.29 is 4.74 Å². The van der Waals surface area contributed by atoms with Crippen molar-refractivity contribution in [1.82, 2.24) is 20.4 Å². The Morgan fingerprint density at radius 1 is 1.11 bits per heavy atom. The van der Waals surface area contributed by atoms with Crippen LogP contribution in [-0.4, -0.2) is 88.9 Å². The van der Waals surface area contributed by atoms with Crippen LogP contribution < -0.4 is 10.6 Å². The monoisotopic (exact) mass is 511 g/mol. The number of nitrogens with zero attached hydrogens (tertiary/aromatic N) is 3. The minimum absolute atomic E-state index is 0. The third-order valence-corrected chi connectivity index (χ3v) is 5.12. The predicted molar refractivity (Wildman–Crippen MR) is 132 cm³/mol. The first-order chi connectivity index (χ1) is 13.0. The van der Waals surface area contributed by atoms with Crippen LogP contribution in [0.4, 0.5) is 0 Å². The molecule has 2 N–H and O–H groups in total. The number of hydrogen-bond donors (Lipinski definition) is 2. The molecule has 0 bridgehead atoms. The van der Waals surface area contributed by atoms with E-state index in [1.54, 1.807) is 7.11 Å². The van der Waals surface area contributed by atoms with E-state index in [2.05, 4.69) is 48.3 Å². The van der Waals surface area contributed by atoms with Crippen LogP contribution in [-0.2, 0) is 4.74 Å². The van der Waals surface area contributed by atoms with Crippen molar-refractivity contribution in [3.8, 4) is 0 Å². The number of halogens is 1. The number of aliphatic imine (C=N–C) groups is 1. The van der Waals surface area contributed by atoms with Gasteiger partial charge in [-0.15, -0.1) is 24.0 Å². The smallest absolute Gasteiger partial charge is 0.191 e. The highest BCUT2D eigenvalue weighted by Gasteiger charge is 2.20. The van der Waals surface area contributed by atoms with E-state index in [9.17, 15) is 0 Å². The van der Waals surface area contributed by atoms with Crippen molar-refractivity contribution in [2.75, 3.05) is 73.1 Å². The zero-order valence-corrected chi connectivity index (χ0v) is 21.3. The van der Waals surface area contributed by atoms with Crippen LogP contribution in [0.1, 0.15) is 46.5 Å². The van der Waals surface area contributed by atoms with Gasteiger partial charge in [0.1, 0.15) is 0 Å². The quantitative estimate of drug-likeness (QED) is 0.172. The highest BCUT2D eigenvalue weighted by molar-refractivity contribution is 14.0. The van der Waals surface area contributed by atoms with Crippen LogP contribution in [0.2, 0.25) is 0 Å². The highest BCUT2D eigenvalue weighted by Crippen LogP contribution is 2.20. The van der Waals surface area contributed by atoms with Gasteiger partial charge in [-0.25, -0.2) is 0 Å². The van der Waals surface area contributed by atoms with Crippen molar-refractivity contribution >= 4 is 29.9 Å². The minimum atomic E-state index is 0. The second-order valence-corrected chi connectivity index (χ2v) is 8.25. The molecule has 7 heteroatoms. The summed E-state index contributed by atoms with van der Waals surface area (Å²) in [6, 6.07) is 0. The molecule has 2 unspecified atom stereocenters. The summed E-state index contributed by atoms with van der Waals surface area (Å²) in [4.78, 5) is 9.71. The van der Waals surface area contributed by atoms with Crippen LogP contribution in [0.3, 0.4) is 0 Å². The zero-order chi connectivity index (χ0) is 19.9. The third kappa shape index (κ3) is 14.0. The molecule has 0 saturated carbocycles. The summed E-state index contributed by atoms with van der Waals surface area (Å²) in [5.41, 5.74) is 0.